The summed E-state index contributed by atoms with van der Waals surface area (Å²) in [6.07, 6.45) is -0.213. The Morgan fingerprint density at radius 1 is 1.44 bits per heavy atom. The monoisotopic (exact) mass is 220 g/mol. The van der Waals surface area contributed by atoms with Gasteiger partial charge in [-0.15, -0.1) is 0 Å². The summed E-state index contributed by atoms with van der Waals surface area (Å²) in [5.41, 5.74) is 6.95. The van der Waals surface area contributed by atoms with Gasteiger partial charge in [0.05, 0.1) is 6.42 Å². The molecule has 0 aliphatic carbocycles. The molecule has 1 aromatic heterocycles. The number of hydrogen-bond acceptors (Lipinski definition) is 3. The van der Waals surface area contributed by atoms with Crippen LogP contribution >= 0.6 is 0 Å². The van der Waals surface area contributed by atoms with E-state index in [0.29, 0.717) is 5.56 Å². The second-order valence-corrected chi connectivity index (χ2v) is 3.64. The second kappa shape index (κ2) is 3.86. The summed E-state index contributed by atoms with van der Waals surface area (Å²) >= 11 is 0. The first kappa shape index (κ1) is 10.5. The lowest BCUT2D eigenvalue weighted by Gasteiger charge is -2.08. The molecule has 16 heavy (non-hydrogen) atoms. The third kappa shape index (κ3) is 1.72. The first-order chi connectivity index (χ1) is 7.59. The molecule has 5 N–H and O–H groups in total. The lowest BCUT2D eigenvalue weighted by molar-refractivity contribution is -0.137. The number of carbonyl (C=O) groups is 1. The summed E-state index contributed by atoms with van der Waals surface area (Å²) in [6, 6.07) is 6.51. The van der Waals surface area contributed by atoms with Crippen LogP contribution in [0.2, 0.25) is 0 Å². The molecule has 0 amide bonds. The topological polar surface area (TPSA) is 99.3 Å². The van der Waals surface area contributed by atoms with E-state index in [1.54, 1.807) is 12.1 Å². The van der Waals surface area contributed by atoms with Gasteiger partial charge in [0.25, 0.3) is 0 Å². The Hall–Kier alpha value is -2.01. The number of nitrogens with two attached hydrogens (primary N) is 1. The lowest BCUT2D eigenvalue weighted by Crippen LogP contribution is -2.14. The zero-order chi connectivity index (χ0) is 11.7. The molecular weight excluding hydrogens is 208 g/mol. The van der Waals surface area contributed by atoms with Crippen molar-refractivity contribution in [1.82, 2.24) is 4.98 Å². The molecule has 0 fully saturated rings. The molecule has 0 radical (unpaired) electrons. The Bertz CT molecular complexity index is 533. The molecule has 5 nitrogen and oxygen atoms in total. The molecule has 1 atom stereocenters. The highest BCUT2D eigenvalue weighted by atomic mass is 16.4. The van der Waals surface area contributed by atoms with E-state index in [1.807, 2.05) is 12.1 Å². The summed E-state index contributed by atoms with van der Waals surface area (Å²) in [4.78, 5) is 13.3. The van der Waals surface area contributed by atoms with E-state index in [9.17, 15) is 9.90 Å². The number of carboxylic acid groups (broad SMARTS) is 1. The first-order valence-electron chi connectivity index (χ1n) is 4.86. The van der Waals surface area contributed by atoms with Crippen LogP contribution in [0.25, 0.3) is 10.9 Å². The average Bonchev–Trinajstić information content (AvgIpc) is 2.52. The maximum Gasteiger partial charge on any atom is 0.305 e. The maximum atomic E-state index is 10.6. The molecule has 0 aliphatic heterocycles. The first-order valence-corrected chi connectivity index (χ1v) is 4.86. The van der Waals surface area contributed by atoms with Crippen molar-refractivity contribution in [3.8, 4) is 5.88 Å². The van der Waals surface area contributed by atoms with Crippen LogP contribution in [0.15, 0.2) is 24.3 Å². The quantitative estimate of drug-likeness (QED) is 0.627. The Kier molecular flexibility index (Phi) is 2.54. The summed E-state index contributed by atoms with van der Waals surface area (Å²) in [6.45, 7) is 0. The van der Waals surface area contributed by atoms with Gasteiger partial charge in [0, 0.05) is 22.5 Å². The van der Waals surface area contributed by atoms with Crippen molar-refractivity contribution in [3.05, 3.63) is 29.8 Å². The number of aromatic hydroxyl groups is 1. The Morgan fingerprint density at radius 2 is 2.12 bits per heavy atom. The van der Waals surface area contributed by atoms with Gasteiger partial charge in [0.1, 0.15) is 0 Å². The van der Waals surface area contributed by atoms with Crippen LogP contribution in [0.5, 0.6) is 5.88 Å². The number of nitrogens with one attached hydrogen (secondary N) is 1. The SMILES string of the molecule is N[C@@H](CC(=O)O)c1c(O)[nH]c2ccccc12. The van der Waals surface area contributed by atoms with E-state index >= 15 is 0 Å². The molecule has 0 saturated heterocycles. The lowest BCUT2D eigenvalue weighted by atomic mass is 10.0. The highest BCUT2D eigenvalue weighted by Gasteiger charge is 2.19. The molecule has 84 valence electrons. The largest absolute Gasteiger partial charge is 0.494 e. The number of fused-ring (bicyclic) bond motifs is 1. The third-order valence-electron chi connectivity index (χ3n) is 2.49. The highest BCUT2D eigenvalue weighted by Crippen LogP contribution is 2.32. The van der Waals surface area contributed by atoms with Crippen LogP contribution in [0.3, 0.4) is 0 Å². The number of carboxylic acids is 1. The fourth-order valence-corrected chi connectivity index (χ4v) is 1.81. The molecule has 0 bridgehead atoms. The van der Waals surface area contributed by atoms with Crippen molar-refractivity contribution < 1.29 is 15.0 Å². The fourth-order valence-electron chi connectivity index (χ4n) is 1.81. The summed E-state index contributed by atoms with van der Waals surface area (Å²) in [5, 5.41) is 19.1. The van der Waals surface area contributed by atoms with Gasteiger partial charge in [-0.1, -0.05) is 18.2 Å². The van der Waals surface area contributed by atoms with Gasteiger partial charge in [0.15, 0.2) is 5.88 Å². The molecule has 2 aromatic rings. The summed E-state index contributed by atoms with van der Waals surface area (Å²) in [5.74, 6) is -1.05. The molecule has 5 heteroatoms. The van der Waals surface area contributed by atoms with E-state index in [4.69, 9.17) is 10.8 Å². The molecule has 0 unspecified atom stereocenters. The zero-order valence-corrected chi connectivity index (χ0v) is 8.47. The minimum absolute atomic E-state index is 0.0602. The van der Waals surface area contributed by atoms with E-state index in [1.165, 1.54) is 0 Å². The fraction of sp³-hybridized carbons (Fsp3) is 0.182. The number of aromatic nitrogens is 1. The number of aromatic amines is 1. The molecule has 1 heterocycles. The van der Waals surface area contributed by atoms with Crippen molar-refractivity contribution in [1.29, 1.82) is 0 Å². The van der Waals surface area contributed by atoms with Gasteiger partial charge in [-0.25, -0.2) is 0 Å². The third-order valence-corrected chi connectivity index (χ3v) is 2.49. The molecule has 0 aliphatic rings. The van der Waals surface area contributed by atoms with E-state index in [-0.39, 0.29) is 12.3 Å². The van der Waals surface area contributed by atoms with Crippen LogP contribution < -0.4 is 5.73 Å². The van der Waals surface area contributed by atoms with Crippen molar-refractivity contribution in [2.75, 3.05) is 0 Å². The van der Waals surface area contributed by atoms with Crippen LogP contribution in [0.1, 0.15) is 18.0 Å². The highest BCUT2D eigenvalue weighted by molar-refractivity contribution is 5.86. The van der Waals surface area contributed by atoms with Gasteiger partial charge in [-0.05, 0) is 6.07 Å². The Morgan fingerprint density at radius 3 is 2.81 bits per heavy atom. The van der Waals surface area contributed by atoms with Crippen molar-refractivity contribution in [3.63, 3.8) is 0 Å². The predicted molar refractivity (Wildman–Crippen MR) is 59.1 cm³/mol. The summed E-state index contributed by atoms with van der Waals surface area (Å²) < 4.78 is 0. The normalized spacial score (nSPS) is 12.8. The number of aliphatic carboxylic acids is 1. The average molecular weight is 220 g/mol. The van der Waals surface area contributed by atoms with Crippen LogP contribution in [0, 0.1) is 0 Å². The van der Waals surface area contributed by atoms with Gasteiger partial charge < -0.3 is 20.9 Å². The Balaban J connectivity index is 2.50. The predicted octanol–water partition coefficient (Wildman–Crippen LogP) is 1.35. The molecule has 0 saturated carbocycles. The molecule has 0 spiro atoms. The number of rotatable bonds is 3. The smallest absolute Gasteiger partial charge is 0.305 e. The van der Waals surface area contributed by atoms with Gasteiger partial charge in [0.2, 0.25) is 0 Å². The van der Waals surface area contributed by atoms with Gasteiger partial charge >= 0.3 is 5.97 Å². The standard InChI is InChI=1S/C11H12N2O3/c12-7(5-9(14)15)10-6-3-1-2-4-8(6)13-11(10)16/h1-4,7,13,16H,5,12H2,(H,14,15)/t7-/m0/s1. The van der Waals surface area contributed by atoms with Crippen LogP contribution in [0.4, 0.5) is 0 Å². The molecule has 2 rings (SSSR count). The van der Waals surface area contributed by atoms with Crippen molar-refractivity contribution >= 4 is 16.9 Å². The Labute approximate surface area is 91.5 Å². The van der Waals surface area contributed by atoms with Crippen molar-refractivity contribution in [2.45, 2.75) is 12.5 Å². The minimum Gasteiger partial charge on any atom is -0.494 e. The van der Waals surface area contributed by atoms with Crippen LogP contribution in [-0.4, -0.2) is 21.2 Å². The second-order valence-electron chi connectivity index (χ2n) is 3.64. The summed E-state index contributed by atoms with van der Waals surface area (Å²) in [7, 11) is 0. The number of H-pyrrole nitrogens is 1. The van der Waals surface area contributed by atoms with Gasteiger partial charge in [-0.2, -0.15) is 0 Å². The molecular formula is C11H12N2O3. The van der Waals surface area contributed by atoms with E-state index in [2.05, 4.69) is 4.98 Å². The van der Waals surface area contributed by atoms with Crippen molar-refractivity contribution in [2.24, 2.45) is 5.73 Å². The van der Waals surface area contributed by atoms with E-state index < -0.39 is 12.0 Å². The van der Waals surface area contributed by atoms with E-state index in [0.717, 1.165) is 10.9 Å². The maximum absolute atomic E-state index is 10.6. The molecule has 1 aromatic carbocycles. The minimum atomic E-state index is -0.989. The zero-order valence-electron chi connectivity index (χ0n) is 8.47. The van der Waals surface area contributed by atoms with Gasteiger partial charge in [-0.3, -0.25) is 4.79 Å². The number of para-hydroxylation sites is 1. The van der Waals surface area contributed by atoms with Crippen LogP contribution in [-0.2, 0) is 4.79 Å². The number of hydrogen-bond donors (Lipinski definition) is 4. The number of benzene rings is 1.